The Morgan fingerprint density at radius 3 is 3.29 bits per heavy atom. The molecule has 2 rings (SSSR count). The summed E-state index contributed by atoms with van der Waals surface area (Å²) >= 11 is 0. The molecule has 0 saturated carbocycles. The lowest BCUT2D eigenvalue weighted by atomic mass is 10.2. The highest BCUT2D eigenvalue weighted by Crippen LogP contribution is 2.15. The number of carbonyl (C=O) groups is 1. The number of nitrogens with zero attached hydrogens (tertiary/aromatic N) is 2. The van der Waals surface area contributed by atoms with E-state index in [-0.39, 0.29) is 5.69 Å². The van der Waals surface area contributed by atoms with Crippen molar-refractivity contribution in [1.29, 1.82) is 0 Å². The Morgan fingerprint density at radius 1 is 1.76 bits per heavy atom. The molecule has 6 nitrogen and oxygen atoms in total. The molecule has 1 aliphatic heterocycles. The Bertz CT molecular complexity index is 391. The second-order valence-corrected chi connectivity index (χ2v) is 4.04. The molecule has 0 spiro atoms. The molecule has 1 N–H and O–H groups in total. The molecular weight excluding hydrogens is 222 g/mol. The second-order valence-electron chi connectivity index (χ2n) is 4.04. The molecule has 2 heterocycles. The van der Waals surface area contributed by atoms with Gasteiger partial charge in [-0.15, -0.1) is 0 Å². The van der Waals surface area contributed by atoms with Gasteiger partial charge in [-0.25, -0.2) is 4.79 Å². The lowest BCUT2D eigenvalue weighted by Crippen LogP contribution is -2.49. The number of piperazine rings is 1. The lowest BCUT2D eigenvalue weighted by Gasteiger charge is -2.30. The molecule has 1 saturated heterocycles. The first-order valence-electron chi connectivity index (χ1n) is 5.81. The highest BCUT2D eigenvalue weighted by Gasteiger charge is 2.21. The van der Waals surface area contributed by atoms with Gasteiger partial charge in [0.1, 0.15) is 6.26 Å². The van der Waals surface area contributed by atoms with Gasteiger partial charge in [-0.1, -0.05) is 0 Å². The Hall–Kier alpha value is -1.56. The normalized spacial score (nSPS) is 20.4. The fraction of sp³-hybridized carbons (Fsp3) is 0.636. The van der Waals surface area contributed by atoms with Crippen LogP contribution < -0.4 is 10.2 Å². The fourth-order valence-corrected chi connectivity index (χ4v) is 1.81. The Morgan fingerprint density at radius 2 is 2.59 bits per heavy atom. The van der Waals surface area contributed by atoms with Gasteiger partial charge in [0.2, 0.25) is 0 Å². The molecule has 94 valence electrons. The van der Waals surface area contributed by atoms with Gasteiger partial charge in [-0.3, -0.25) is 0 Å². The van der Waals surface area contributed by atoms with Gasteiger partial charge in [-0.2, -0.15) is 4.98 Å². The number of oxazole rings is 1. The third-order valence-electron chi connectivity index (χ3n) is 2.62. The van der Waals surface area contributed by atoms with E-state index in [0.717, 1.165) is 19.6 Å². The molecule has 17 heavy (non-hydrogen) atoms. The third-order valence-corrected chi connectivity index (χ3v) is 2.62. The van der Waals surface area contributed by atoms with Crippen LogP contribution in [0.3, 0.4) is 0 Å². The highest BCUT2D eigenvalue weighted by molar-refractivity contribution is 5.87. The van der Waals surface area contributed by atoms with E-state index in [1.54, 1.807) is 6.92 Å². The highest BCUT2D eigenvalue weighted by atomic mass is 16.5. The molecule has 1 aromatic rings. The van der Waals surface area contributed by atoms with E-state index in [1.807, 2.05) is 4.90 Å². The summed E-state index contributed by atoms with van der Waals surface area (Å²) in [6.07, 6.45) is 1.35. The predicted molar refractivity (Wildman–Crippen MR) is 62.1 cm³/mol. The van der Waals surface area contributed by atoms with E-state index in [1.165, 1.54) is 6.26 Å². The summed E-state index contributed by atoms with van der Waals surface area (Å²) in [5.41, 5.74) is 0.230. The van der Waals surface area contributed by atoms with Crippen molar-refractivity contribution in [3.8, 4) is 0 Å². The molecule has 0 bridgehead atoms. The van der Waals surface area contributed by atoms with Gasteiger partial charge < -0.3 is 19.4 Å². The Kier molecular flexibility index (Phi) is 3.63. The molecule has 1 unspecified atom stereocenters. The first-order chi connectivity index (χ1) is 8.20. The standard InChI is InChI=1S/C11H17N3O3/c1-3-16-10(15)9-7-17-11(13-9)14-5-4-12-8(2)6-14/h7-8,12H,3-6H2,1-2H3. The van der Waals surface area contributed by atoms with Crippen LogP contribution in [0.1, 0.15) is 24.3 Å². The van der Waals surface area contributed by atoms with Gasteiger partial charge in [0.25, 0.3) is 6.01 Å². The molecule has 1 atom stereocenters. The minimum Gasteiger partial charge on any atom is -0.461 e. The molecule has 0 aliphatic carbocycles. The van der Waals surface area contributed by atoms with E-state index < -0.39 is 5.97 Å². The van der Waals surface area contributed by atoms with Crippen LogP contribution in [-0.2, 0) is 4.74 Å². The number of ether oxygens (including phenoxy) is 1. The first-order valence-corrected chi connectivity index (χ1v) is 5.81. The maximum atomic E-state index is 11.4. The van der Waals surface area contributed by atoms with Crippen LogP contribution in [-0.4, -0.2) is 43.2 Å². The number of nitrogens with one attached hydrogen (secondary N) is 1. The topological polar surface area (TPSA) is 67.6 Å². The Balaban J connectivity index is 2.04. The Labute approximate surface area is 99.9 Å². The summed E-state index contributed by atoms with van der Waals surface area (Å²) in [5.74, 6) is -0.439. The summed E-state index contributed by atoms with van der Waals surface area (Å²) < 4.78 is 10.2. The zero-order valence-corrected chi connectivity index (χ0v) is 10.1. The number of rotatable bonds is 3. The van der Waals surface area contributed by atoms with Crippen molar-refractivity contribution < 1.29 is 13.9 Å². The fourth-order valence-electron chi connectivity index (χ4n) is 1.81. The average molecular weight is 239 g/mol. The number of esters is 1. The molecule has 1 aromatic heterocycles. The maximum absolute atomic E-state index is 11.4. The average Bonchev–Trinajstić information content (AvgIpc) is 2.78. The van der Waals surface area contributed by atoms with E-state index in [2.05, 4.69) is 17.2 Å². The van der Waals surface area contributed by atoms with Crippen LogP contribution in [0.15, 0.2) is 10.7 Å². The van der Waals surface area contributed by atoms with Crippen LogP contribution in [0, 0.1) is 0 Å². The summed E-state index contributed by atoms with van der Waals surface area (Å²) in [4.78, 5) is 17.6. The molecule has 0 radical (unpaired) electrons. The smallest absolute Gasteiger partial charge is 0.360 e. The van der Waals surface area contributed by atoms with Crippen molar-refractivity contribution in [2.45, 2.75) is 19.9 Å². The zero-order chi connectivity index (χ0) is 12.3. The largest absolute Gasteiger partial charge is 0.461 e. The summed E-state index contributed by atoms with van der Waals surface area (Å²) in [5, 5.41) is 3.33. The summed E-state index contributed by atoms with van der Waals surface area (Å²) in [6.45, 7) is 6.73. The van der Waals surface area contributed by atoms with Crippen LogP contribution in [0.5, 0.6) is 0 Å². The molecule has 1 aliphatic rings. The van der Waals surface area contributed by atoms with Crippen LogP contribution >= 0.6 is 0 Å². The van der Waals surface area contributed by atoms with Crippen molar-refractivity contribution >= 4 is 12.0 Å². The number of hydrogen-bond acceptors (Lipinski definition) is 6. The van der Waals surface area contributed by atoms with Crippen molar-refractivity contribution in [2.24, 2.45) is 0 Å². The van der Waals surface area contributed by atoms with Gasteiger partial charge in [0.15, 0.2) is 5.69 Å². The van der Waals surface area contributed by atoms with E-state index in [4.69, 9.17) is 9.15 Å². The van der Waals surface area contributed by atoms with Crippen LogP contribution in [0.4, 0.5) is 6.01 Å². The van der Waals surface area contributed by atoms with Crippen molar-refractivity contribution in [3.05, 3.63) is 12.0 Å². The number of anilines is 1. The van der Waals surface area contributed by atoms with Crippen LogP contribution in [0.2, 0.25) is 0 Å². The van der Waals surface area contributed by atoms with Crippen molar-refractivity contribution in [3.63, 3.8) is 0 Å². The SMILES string of the molecule is CCOC(=O)c1coc(N2CCNC(C)C2)n1. The van der Waals surface area contributed by atoms with Crippen molar-refractivity contribution in [2.75, 3.05) is 31.1 Å². The van der Waals surface area contributed by atoms with E-state index >= 15 is 0 Å². The third kappa shape index (κ3) is 2.76. The van der Waals surface area contributed by atoms with E-state index in [0.29, 0.717) is 18.7 Å². The lowest BCUT2D eigenvalue weighted by molar-refractivity contribution is 0.0519. The quantitative estimate of drug-likeness (QED) is 0.781. The molecular formula is C11H17N3O3. The minimum absolute atomic E-state index is 0.230. The molecule has 0 amide bonds. The summed E-state index contributed by atoms with van der Waals surface area (Å²) in [6, 6.07) is 0.878. The number of aromatic nitrogens is 1. The van der Waals surface area contributed by atoms with Gasteiger partial charge in [0.05, 0.1) is 6.61 Å². The summed E-state index contributed by atoms with van der Waals surface area (Å²) in [7, 11) is 0. The number of hydrogen-bond donors (Lipinski definition) is 1. The molecule has 1 fully saturated rings. The molecule has 0 aromatic carbocycles. The minimum atomic E-state index is -0.439. The molecule has 6 heteroatoms. The van der Waals surface area contributed by atoms with Gasteiger partial charge >= 0.3 is 5.97 Å². The zero-order valence-electron chi connectivity index (χ0n) is 10.1. The van der Waals surface area contributed by atoms with Crippen molar-refractivity contribution in [1.82, 2.24) is 10.3 Å². The van der Waals surface area contributed by atoms with Gasteiger partial charge in [-0.05, 0) is 13.8 Å². The number of carbonyl (C=O) groups excluding carboxylic acids is 1. The van der Waals surface area contributed by atoms with Crippen LogP contribution in [0.25, 0.3) is 0 Å². The second kappa shape index (κ2) is 5.18. The monoisotopic (exact) mass is 239 g/mol. The van der Waals surface area contributed by atoms with E-state index in [9.17, 15) is 4.79 Å². The van der Waals surface area contributed by atoms with Gasteiger partial charge in [0, 0.05) is 25.7 Å². The maximum Gasteiger partial charge on any atom is 0.360 e. The first kappa shape index (κ1) is 11.9. The predicted octanol–water partition coefficient (Wildman–Crippen LogP) is 0.649.